The van der Waals surface area contributed by atoms with Crippen molar-refractivity contribution in [2.45, 2.75) is 31.7 Å². The molecule has 0 bridgehead atoms. The van der Waals surface area contributed by atoms with Gasteiger partial charge in [-0.3, -0.25) is 4.79 Å². The van der Waals surface area contributed by atoms with Crippen LogP contribution in [-0.2, 0) is 14.3 Å². The van der Waals surface area contributed by atoms with Crippen molar-refractivity contribution in [2.75, 3.05) is 7.11 Å². The van der Waals surface area contributed by atoms with Gasteiger partial charge in [0, 0.05) is 17.6 Å². The van der Waals surface area contributed by atoms with Crippen LogP contribution in [0.5, 0.6) is 0 Å². The van der Waals surface area contributed by atoms with Gasteiger partial charge in [0.15, 0.2) is 0 Å². The Balaban J connectivity index is 2.66. The Bertz CT molecular complexity index is 579. The molecule has 1 aliphatic rings. The van der Waals surface area contributed by atoms with Gasteiger partial charge in [-0.25, -0.2) is 10.2 Å². The fourth-order valence-corrected chi connectivity index (χ4v) is 2.75. The number of aromatic nitrogens is 1. The van der Waals surface area contributed by atoms with Crippen molar-refractivity contribution < 1.29 is 19.4 Å². The SMILES string of the molecule is CCC1(C(=O)O)NNC(C)=C(C(=O)OC)C1c1ccc[nH]1. The zero-order valence-corrected chi connectivity index (χ0v) is 12.2. The lowest BCUT2D eigenvalue weighted by atomic mass is 9.73. The van der Waals surface area contributed by atoms with Gasteiger partial charge in [0.1, 0.15) is 5.54 Å². The monoisotopic (exact) mass is 293 g/mol. The second kappa shape index (κ2) is 5.61. The maximum Gasteiger partial charge on any atom is 0.336 e. The number of ether oxygens (including phenoxy) is 1. The second-order valence-electron chi connectivity index (χ2n) is 4.97. The molecule has 0 spiro atoms. The first-order chi connectivity index (χ1) is 9.97. The van der Waals surface area contributed by atoms with E-state index in [9.17, 15) is 14.7 Å². The fraction of sp³-hybridized carbons (Fsp3) is 0.429. The van der Waals surface area contributed by atoms with Gasteiger partial charge in [-0.05, 0) is 25.5 Å². The molecular weight excluding hydrogens is 274 g/mol. The standard InChI is InChI=1S/C14H19N3O4/c1-4-14(13(19)20)11(9-6-5-7-15-9)10(12(18)21-3)8(2)16-17-14/h5-7,11,15-17H,4H2,1-3H3,(H,19,20). The lowest BCUT2D eigenvalue weighted by Crippen LogP contribution is -2.64. The molecule has 1 aliphatic heterocycles. The molecule has 2 atom stereocenters. The number of carboxylic acid groups (broad SMARTS) is 1. The number of esters is 1. The van der Waals surface area contributed by atoms with E-state index in [1.165, 1.54) is 7.11 Å². The number of carbonyl (C=O) groups excluding carboxylic acids is 1. The number of allylic oxidation sites excluding steroid dienone is 1. The molecule has 21 heavy (non-hydrogen) atoms. The summed E-state index contributed by atoms with van der Waals surface area (Å²) in [5, 5.41) is 9.73. The number of aromatic amines is 1. The van der Waals surface area contributed by atoms with Crippen molar-refractivity contribution in [1.82, 2.24) is 15.8 Å². The predicted molar refractivity (Wildman–Crippen MR) is 75.2 cm³/mol. The van der Waals surface area contributed by atoms with E-state index in [1.807, 2.05) is 0 Å². The summed E-state index contributed by atoms with van der Waals surface area (Å²) in [4.78, 5) is 27.0. The number of H-pyrrole nitrogens is 1. The number of rotatable bonds is 4. The number of carbonyl (C=O) groups is 2. The summed E-state index contributed by atoms with van der Waals surface area (Å²) in [7, 11) is 1.28. The van der Waals surface area contributed by atoms with E-state index < -0.39 is 23.4 Å². The molecule has 4 N–H and O–H groups in total. The third-order valence-corrected chi connectivity index (χ3v) is 3.94. The summed E-state index contributed by atoms with van der Waals surface area (Å²) in [6.07, 6.45) is 1.98. The third kappa shape index (κ3) is 2.29. The zero-order chi connectivity index (χ0) is 15.6. The van der Waals surface area contributed by atoms with Crippen LogP contribution < -0.4 is 10.9 Å². The van der Waals surface area contributed by atoms with Crippen molar-refractivity contribution in [3.8, 4) is 0 Å². The highest BCUT2D eigenvalue weighted by molar-refractivity contribution is 5.94. The Morgan fingerprint density at radius 3 is 2.67 bits per heavy atom. The van der Waals surface area contributed by atoms with E-state index in [1.54, 1.807) is 32.2 Å². The van der Waals surface area contributed by atoms with Gasteiger partial charge >= 0.3 is 11.9 Å². The van der Waals surface area contributed by atoms with E-state index in [-0.39, 0.29) is 6.42 Å². The fourth-order valence-electron chi connectivity index (χ4n) is 2.75. The largest absolute Gasteiger partial charge is 0.480 e. The van der Waals surface area contributed by atoms with Crippen LogP contribution in [0.1, 0.15) is 31.9 Å². The molecule has 2 unspecified atom stereocenters. The third-order valence-electron chi connectivity index (χ3n) is 3.94. The number of hydrogen-bond donors (Lipinski definition) is 4. The van der Waals surface area contributed by atoms with Crippen molar-refractivity contribution >= 4 is 11.9 Å². The molecule has 7 nitrogen and oxygen atoms in total. The van der Waals surface area contributed by atoms with Crippen LogP contribution in [0.4, 0.5) is 0 Å². The van der Waals surface area contributed by atoms with Crippen LogP contribution in [0.2, 0.25) is 0 Å². The normalized spacial score (nSPS) is 25.4. The summed E-state index contributed by atoms with van der Waals surface area (Å²) in [5.74, 6) is -2.25. The van der Waals surface area contributed by atoms with Gasteiger partial charge in [0.25, 0.3) is 0 Å². The molecule has 7 heteroatoms. The number of aliphatic carboxylic acids is 1. The molecule has 2 rings (SSSR count). The van der Waals surface area contributed by atoms with Crippen LogP contribution in [-0.4, -0.2) is 34.7 Å². The molecule has 2 heterocycles. The van der Waals surface area contributed by atoms with Crippen LogP contribution in [0.3, 0.4) is 0 Å². The zero-order valence-electron chi connectivity index (χ0n) is 12.2. The van der Waals surface area contributed by atoms with E-state index in [2.05, 4.69) is 15.8 Å². The first-order valence-corrected chi connectivity index (χ1v) is 6.66. The minimum absolute atomic E-state index is 0.285. The smallest absolute Gasteiger partial charge is 0.336 e. The molecular formula is C14H19N3O4. The molecule has 1 aromatic rings. The molecule has 114 valence electrons. The maximum absolute atomic E-state index is 12.2. The minimum Gasteiger partial charge on any atom is -0.480 e. The van der Waals surface area contributed by atoms with E-state index >= 15 is 0 Å². The van der Waals surface area contributed by atoms with Crippen molar-refractivity contribution in [1.29, 1.82) is 0 Å². The number of methoxy groups -OCH3 is 1. The Kier molecular flexibility index (Phi) is 4.04. The Labute approximate surface area is 122 Å². The van der Waals surface area contributed by atoms with Gasteiger partial charge < -0.3 is 20.3 Å². The molecule has 0 radical (unpaired) electrons. The van der Waals surface area contributed by atoms with E-state index in [0.717, 1.165) is 0 Å². The highest BCUT2D eigenvalue weighted by Crippen LogP contribution is 2.40. The first-order valence-electron chi connectivity index (χ1n) is 6.66. The maximum atomic E-state index is 12.2. The highest BCUT2D eigenvalue weighted by Gasteiger charge is 2.52. The molecule has 0 amide bonds. The average molecular weight is 293 g/mol. The summed E-state index contributed by atoms with van der Waals surface area (Å²) in [6.45, 7) is 3.46. The second-order valence-corrected chi connectivity index (χ2v) is 4.97. The van der Waals surface area contributed by atoms with Gasteiger partial charge in [0.05, 0.1) is 18.6 Å². The van der Waals surface area contributed by atoms with Crippen LogP contribution >= 0.6 is 0 Å². The lowest BCUT2D eigenvalue weighted by Gasteiger charge is -2.42. The lowest BCUT2D eigenvalue weighted by molar-refractivity contribution is -0.147. The summed E-state index contributed by atoms with van der Waals surface area (Å²) in [5.41, 5.74) is 5.80. The van der Waals surface area contributed by atoms with Crippen molar-refractivity contribution in [3.63, 3.8) is 0 Å². The van der Waals surface area contributed by atoms with E-state index in [0.29, 0.717) is 17.0 Å². The summed E-state index contributed by atoms with van der Waals surface area (Å²) < 4.78 is 4.83. The molecule has 1 aromatic heterocycles. The summed E-state index contributed by atoms with van der Waals surface area (Å²) in [6, 6.07) is 3.53. The number of hydrogen-bond acceptors (Lipinski definition) is 5. The van der Waals surface area contributed by atoms with Crippen LogP contribution in [0, 0.1) is 0 Å². The molecule has 0 saturated carbocycles. The van der Waals surface area contributed by atoms with Crippen molar-refractivity contribution in [2.24, 2.45) is 0 Å². The first kappa shape index (κ1) is 15.1. The number of nitrogens with one attached hydrogen (secondary N) is 3. The Hall–Kier alpha value is -2.28. The van der Waals surface area contributed by atoms with Gasteiger partial charge in [-0.1, -0.05) is 6.92 Å². The van der Waals surface area contributed by atoms with E-state index in [4.69, 9.17) is 4.74 Å². The molecule has 0 saturated heterocycles. The highest BCUT2D eigenvalue weighted by atomic mass is 16.5. The average Bonchev–Trinajstić information content (AvgIpc) is 2.99. The Morgan fingerprint density at radius 2 is 2.19 bits per heavy atom. The minimum atomic E-state index is -1.34. The molecule has 0 aliphatic carbocycles. The Morgan fingerprint density at radius 1 is 1.48 bits per heavy atom. The molecule has 0 aromatic carbocycles. The van der Waals surface area contributed by atoms with Crippen LogP contribution in [0.25, 0.3) is 0 Å². The number of hydrazine groups is 1. The molecule has 0 fully saturated rings. The quantitative estimate of drug-likeness (QED) is 0.615. The van der Waals surface area contributed by atoms with Crippen molar-refractivity contribution in [3.05, 3.63) is 35.3 Å². The van der Waals surface area contributed by atoms with Crippen LogP contribution in [0.15, 0.2) is 29.6 Å². The van der Waals surface area contributed by atoms with Gasteiger partial charge in [0.2, 0.25) is 0 Å². The summed E-state index contributed by atoms with van der Waals surface area (Å²) >= 11 is 0. The topological polar surface area (TPSA) is 103 Å². The number of carboxylic acids is 1. The van der Waals surface area contributed by atoms with Gasteiger partial charge in [-0.2, -0.15) is 0 Å². The van der Waals surface area contributed by atoms with Gasteiger partial charge in [-0.15, -0.1) is 0 Å². The predicted octanol–water partition coefficient (Wildman–Crippen LogP) is 0.886.